The minimum Gasteiger partial charge on any atom is -0.376 e. The molecule has 3 amide bonds. The van der Waals surface area contributed by atoms with E-state index < -0.39 is 5.54 Å². The van der Waals surface area contributed by atoms with E-state index in [1.807, 2.05) is 6.92 Å². The number of carbonyl (C=O) groups excluding carboxylic acids is 2. The Morgan fingerprint density at radius 2 is 2.11 bits per heavy atom. The van der Waals surface area contributed by atoms with E-state index in [2.05, 4.69) is 10.2 Å². The summed E-state index contributed by atoms with van der Waals surface area (Å²) < 4.78 is 5.45. The zero-order chi connectivity index (χ0) is 13.3. The third kappa shape index (κ3) is 2.64. The molecule has 1 N–H and O–H groups in total. The van der Waals surface area contributed by atoms with Gasteiger partial charge in [0.05, 0.1) is 12.7 Å². The van der Waals surface area contributed by atoms with Crippen molar-refractivity contribution in [1.82, 2.24) is 15.1 Å². The van der Waals surface area contributed by atoms with Crippen molar-refractivity contribution in [3.8, 4) is 0 Å². The molecule has 0 aliphatic carbocycles. The summed E-state index contributed by atoms with van der Waals surface area (Å²) >= 11 is 0. The van der Waals surface area contributed by atoms with Gasteiger partial charge in [0.15, 0.2) is 0 Å². The number of nitrogens with one attached hydrogen (secondary N) is 1. The van der Waals surface area contributed by atoms with Crippen molar-refractivity contribution < 1.29 is 14.3 Å². The average Bonchev–Trinajstić information content (AvgIpc) is 2.46. The molecule has 0 aromatic carbocycles. The molecule has 2 aliphatic heterocycles. The van der Waals surface area contributed by atoms with Crippen molar-refractivity contribution >= 4 is 11.9 Å². The molecule has 2 heterocycles. The molecule has 102 valence electrons. The van der Waals surface area contributed by atoms with Gasteiger partial charge in [0.1, 0.15) is 5.54 Å². The van der Waals surface area contributed by atoms with Crippen LogP contribution in [0.2, 0.25) is 0 Å². The second kappa shape index (κ2) is 4.85. The fraction of sp³-hybridized carbons (Fsp3) is 0.833. The number of nitrogens with zero attached hydrogens (tertiary/aromatic N) is 2. The predicted octanol–water partition coefficient (Wildman–Crippen LogP) is 0.0375. The molecule has 6 heteroatoms. The molecule has 0 unspecified atom stereocenters. The monoisotopic (exact) mass is 255 g/mol. The Kier molecular flexibility index (Phi) is 3.59. The van der Waals surface area contributed by atoms with Crippen molar-refractivity contribution in [3.05, 3.63) is 0 Å². The summed E-state index contributed by atoms with van der Waals surface area (Å²) in [4.78, 5) is 27.2. The molecule has 0 aromatic heterocycles. The number of ether oxygens (including phenoxy) is 1. The van der Waals surface area contributed by atoms with E-state index in [9.17, 15) is 9.59 Å². The minimum absolute atomic E-state index is 0.145. The van der Waals surface area contributed by atoms with Gasteiger partial charge in [-0.2, -0.15) is 0 Å². The van der Waals surface area contributed by atoms with Crippen molar-refractivity contribution in [2.24, 2.45) is 0 Å². The molecule has 6 nitrogen and oxygen atoms in total. The fourth-order valence-corrected chi connectivity index (χ4v) is 2.36. The second-order valence-electron chi connectivity index (χ2n) is 5.49. The van der Waals surface area contributed by atoms with Gasteiger partial charge >= 0.3 is 6.03 Å². The van der Waals surface area contributed by atoms with Crippen LogP contribution in [-0.2, 0) is 9.53 Å². The Balaban J connectivity index is 1.87. The van der Waals surface area contributed by atoms with Crippen LogP contribution in [-0.4, -0.2) is 66.2 Å². The molecule has 18 heavy (non-hydrogen) atoms. The summed E-state index contributed by atoms with van der Waals surface area (Å²) in [6, 6.07) is -0.286. The highest BCUT2D eigenvalue weighted by molar-refractivity contribution is 6.06. The molecule has 1 atom stereocenters. The van der Waals surface area contributed by atoms with E-state index in [4.69, 9.17) is 4.74 Å². The molecular weight excluding hydrogens is 234 g/mol. The molecule has 0 aromatic rings. The number of morpholine rings is 1. The summed E-state index contributed by atoms with van der Waals surface area (Å²) in [6.45, 7) is 9.07. The van der Waals surface area contributed by atoms with Crippen LogP contribution in [0.3, 0.4) is 0 Å². The van der Waals surface area contributed by atoms with E-state index in [1.165, 1.54) is 4.90 Å². The highest BCUT2D eigenvalue weighted by atomic mass is 16.5. The van der Waals surface area contributed by atoms with Gasteiger partial charge in [-0.1, -0.05) is 0 Å². The lowest BCUT2D eigenvalue weighted by atomic mass is 10.1. The summed E-state index contributed by atoms with van der Waals surface area (Å²) in [6.07, 6.45) is 0.221. The Bertz CT molecular complexity index is 356. The first kappa shape index (κ1) is 13.3. The lowest BCUT2D eigenvalue weighted by Crippen LogP contribution is -2.46. The SMILES string of the molecule is C[C@H]1CN(CCN2C(=O)NC(C)(C)C2=O)CCO1. The van der Waals surface area contributed by atoms with Crippen LogP contribution in [0.1, 0.15) is 20.8 Å². The molecular formula is C12H21N3O3. The maximum Gasteiger partial charge on any atom is 0.325 e. The van der Waals surface area contributed by atoms with Crippen molar-refractivity contribution in [3.63, 3.8) is 0 Å². The third-order valence-electron chi connectivity index (χ3n) is 3.41. The Labute approximate surface area is 107 Å². The number of imide groups is 1. The van der Waals surface area contributed by atoms with Gasteiger partial charge in [-0.05, 0) is 20.8 Å². The highest BCUT2D eigenvalue weighted by Crippen LogP contribution is 2.16. The lowest BCUT2D eigenvalue weighted by molar-refractivity contribution is -0.130. The fourth-order valence-electron chi connectivity index (χ4n) is 2.36. The molecule has 2 rings (SSSR count). The maximum absolute atomic E-state index is 12.0. The van der Waals surface area contributed by atoms with E-state index in [1.54, 1.807) is 13.8 Å². The van der Waals surface area contributed by atoms with Crippen LogP contribution in [0.15, 0.2) is 0 Å². The van der Waals surface area contributed by atoms with Crippen molar-refractivity contribution in [2.45, 2.75) is 32.4 Å². The van der Waals surface area contributed by atoms with Gasteiger partial charge in [0, 0.05) is 26.2 Å². The standard InChI is InChI=1S/C12H21N3O3/c1-9-8-14(6-7-18-9)4-5-15-10(16)12(2,3)13-11(15)17/h9H,4-8H2,1-3H3,(H,13,17)/t9-/m0/s1. The van der Waals surface area contributed by atoms with Crippen molar-refractivity contribution in [1.29, 1.82) is 0 Å². The number of amides is 3. The number of hydrogen-bond acceptors (Lipinski definition) is 4. The zero-order valence-corrected chi connectivity index (χ0v) is 11.2. The Morgan fingerprint density at radius 3 is 2.67 bits per heavy atom. The quantitative estimate of drug-likeness (QED) is 0.723. The van der Waals surface area contributed by atoms with Gasteiger partial charge < -0.3 is 10.1 Å². The normalized spacial score (nSPS) is 28.6. The Hall–Kier alpha value is -1.14. The number of carbonyl (C=O) groups is 2. The van der Waals surface area contributed by atoms with Crippen LogP contribution in [0.4, 0.5) is 4.79 Å². The van der Waals surface area contributed by atoms with E-state index in [0.29, 0.717) is 19.7 Å². The molecule has 0 radical (unpaired) electrons. The van der Waals surface area contributed by atoms with E-state index >= 15 is 0 Å². The van der Waals surface area contributed by atoms with Gasteiger partial charge in [-0.15, -0.1) is 0 Å². The van der Waals surface area contributed by atoms with Gasteiger partial charge in [0.2, 0.25) is 0 Å². The average molecular weight is 255 g/mol. The first-order valence-electron chi connectivity index (χ1n) is 6.38. The summed E-state index contributed by atoms with van der Waals surface area (Å²) in [7, 11) is 0. The first-order valence-corrected chi connectivity index (χ1v) is 6.38. The number of hydrogen-bond donors (Lipinski definition) is 1. The van der Waals surface area contributed by atoms with Crippen LogP contribution in [0, 0.1) is 0 Å². The first-order chi connectivity index (χ1) is 8.40. The summed E-state index contributed by atoms with van der Waals surface area (Å²) in [5, 5.41) is 2.68. The van der Waals surface area contributed by atoms with Gasteiger partial charge in [0.25, 0.3) is 5.91 Å². The highest BCUT2D eigenvalue weighted by Gasteiger charge is 2.43. The second-order valence-corrected chi connectivity index (χ2v) is 5.49. The van der Waals surface area contributed by atoms with Crippen LogP contribution >= 0.6 is 0 Å². The maximum atomic E-state index is 12.0. The predicted molar refractivity (Wildman–Crippen MR) is 66.2 cm³/mol. The minimum atomic E-state index is -0.768. The zero-order valence-electron chi connectivity index (χ0n) is 11.2. The Morgan fingerprint density at radius 1 is 1.39 bits per heavy atom. The van der Waals surface area contributed by atoms with Crippen LogP contribution < -0.4 is 5.32 Å². The van der Waals surface area contributed by atoms with Gasteiger partial charge in [-0.3, -0.25) is 14.6 Å². The smallest absolute Gasteiger partial charge is 0.325 e. The molecule has 0 saturated carbocycles. The molecule has 0 spiro atoms. The van der Waals surface area contributed by atoms with Crippen LogP contribution in [0.25, 0.3) is 0 Å². The summed E-state index contributed by atoms with van der Waals surface area (Å²) in [5.41, 5.74) is -0.768. The molecule has 2 fully saturated rings. The van der Waals surface area contributed by atoms with Crippen molar-refractivity contribution in [2.75, 3.05) is 32.8 Å². The molecule has 2 saturated heterocycles. The van der Waals surface area contributed by atoms with E-state index in [0.717, 1.165) is 13.1 Å². The topological polar surface area (TPSA) is 61.9 Å². The third-order valence-corrected chi connectivity index (χ3v) is 3.41. The lowest BCUT2D eigenvalue weighted by Gasteiger charge is -2.31. The van der Waals surface area contributed by atoms with E-state index in [-0.39, 0.29) is 18.0 Å². The number of urea groups is 1. The molecule has 0 bridgehead atoms. The molecule has 2 aliphatic rings. The van der Waals surface area contributed by atoms with Gasteiger partial charge in [-0.25, -0.2) is 4.79 Å². The number of rotatable bonds is 3. The summed E-state index contributed by atoms with van der Waals surface area (Å²) in [5.74, 6) is -0.145. The largest absolute Gasteiger partial charge is 0.376 e. The van der Waals surface area contributed by atoms with Crippen LogP contribution in [0.5, 0.6) is 0 Å².